The zero-order valence-electron chi connectivity index (χ0n) is 8.33. The van der Waals surface area contributed by atoms with E-state index in [1.54, 1.807) is 0 Å². The van der Waals surface area contributed by atoms with Crippen molar-refractivity contribution in [3.8, 4) is 0 Å². The van der Waals surface area contributed by atoms with E-state index >= 15 is 0 Å². The number of hydrogen-bond donors (Lipinski definition) is 1. The lowest BCUT2D eigenvalue weighted by molar-refractivity contribution is 0.602. The normalized spacial score (nSPS) is 27.8. The molecule has 2 rings (SSSR count). The van der Waals surface area contributed by atoms with Crippen LogP contribution in [0.2, 0.25) is 0 Å². The van der Waals surface area contributed by atoms with Gasteiger partial charge in [-0.15, -0.1) is 0 Å². The summed E-state index contributed by atoms with van der Waals surface area (Å²) in [5.41, 5.74) is 0. The van der Waals surface area contributed by atoms with Crippen molar-refractivity contribution in [3.05, 3.63) is 12.3 Å². The molecular weight excluding hydrogens is 162 g/mol. The first-order chi connectivity index (χ1) is 6.24. The van der Waals surface area contributed by atoms with E-state index < -0.39 is 0 Å². The Balaban J connectivity index is 1.91. The van der Waals surface area contributed by atoms with Gasteiger partial charge < -0.3 is 5.32 Å². The van der Waals surface area contributed by atoms with E-state index in [0.717, 1.165) is 11.7 Å². The van der Waals surface area contributed by atoms with Gasteiger partial charge in [0.2, 0.25) is 0 Å². The summed E-state index contributed by atoms with van der Waals surface area (Å²) in [5, 5.41) is 7.76. The molecule has 3 nitrogen and oxygen atoms in total. The number of hydrogen-bond acceptors (Lipinski definition) is 2. The Morgan fingerprint density at radius 2 is 2.38 bits per heavy atom. The van der Waals surface area contributed by atoms with Gasteiger partial charge >= 0.3 is 0 Å². The highest BCUT2D eigenvalue weighted by Crippen LogP contribution is 2.26. The van der Waals surface area contributed by atoms with E-state index in [-0.39, 0.29) is 0 Å². The van der Waals surface area contributed by atoms with Crippen LogP contribution in [0.5, 0.6) is 0 Å². The van der Waals surface area contributed by atoms with Crippen LogP contribution in [-0.4, -0.2) is 15.8 Å². The van der Waals surface area contributed by atoms with Crippen LogP contribution in [0.4, 0.5) is 5.82 Å². The summed E-state index contributed by atoms with van der Waals surface area (Å²) in [6.07, 6.45) is 5.90. The third-order valence-corrected chi connectivity index (χ3v) is 2.76. The van der Waals surface area contributed by atoms with Crippen LogP contribution in [-0.2, 0) is 7.05 Å². The second-order valence-electron chi connectivity index (χ2n) is 4.13. The first kappa shape index (κ1) is 8.60. The molecule has 0 aromatic carbocycles. The molecule has 0 spiro atoms. The summed E-state index contributed by atoms with van der Waals surface area (Å²) in [6, 6.07) is 2.67. The summed E-state index contributed by atoms with van der Waals surface area (Å²) in [6.45, 7) is 2.32. The predicted octanol–water partition coefficient (Wildman–Crippen LogP) is 2.02. The summed E-state index contributed by atoms with van der Waals surface area (Å²) < 4.78 is 1.83. The largest absolute Gasteiger partial charge is 0.366 e. The lowest BCUT2D eigenvalue weighted by atomic mass is 10.1. The molecule has 0 unspecified atom stereocenters. The van der Waals surface area contributed by atoms with Gasteiger partial charge in [-0.05, 0) is 25.2 Å². The maximum absolute atomic E-state index is 4.30. The summed E-state index contributed by atoms with van der Waals surface area (Å²) in [7, 11) is 1.95. The summed E-state index contributed by atoms with van der Waals surface area (Å²) in [4.78, 5) is 0. The minimum Gasteiger partial charge on any atom is -0.366 e. The van der Waals surface area contributed by atoms with Crippen LogP contribution in [0.15, 0.2) is 12.3 Å². The van der Waals surface area contributed by atoms with E-state index in [1.165, 1.54) is 19.3 Å². The molecule has 0 aliphatic heterocycles. The van der Waals surface area contributed by atoms with Gasteiger partial charge in [-0.2, -0.15) is 5.10 Å². The number of aromatic nitrogens is 2. The molecule has 72 valence electrons. The average molecular weight is 179 g/mol. The Kier molecular flexibility index (Phi) is 2.25. The fourth-order valence-corrected chi connectivity index (χ4v) is 2.04. The minimum atomic E-state index is 0.643. The molecule has 1 N–H and O–H groups in total. The Labute approximate surface area is 79.1 Å². The van der Waals surface area contributed by atoms with Gasteiger partial charge in [0, 0.05) is 25.4 Å². The van der Waals surface area contributed by atoms with Crippen LogP contribution in [0.25, 0.3) is 0 Å². The summed E-state index contributed by atoms with van der Waals surface area (Å²) >= 11 is 0. The summed E-state index contributed by atoms with van der Waals surface area (Å²) in [5.74, 6) is 1.89. The third-order valence-electron chi connectivity index (χ3n) is 2.76. The van der Waals surface area contributed by atoms with Crippen LogP contribution >= 0.6 is 0 Å². The molecule has 0 radical (unpaired) electrons. The molecule has 1 saturated carbocycles. The Hall–Kier alpha value is -0.990. The molecular formula is C10H17N3. The van der Waals surface area contributed by atoms with Gasteiger partial charge in [-0.25, -0.2) is 0 Å². The van der Waals surface area contributed by atoms with Crippen molar-refractivity contribution in [3.63, 3.8) is 0 Å². The van der Waals surface area contributed by atoms with Crippen molar-refractivity contribution in [2.75, 3.05) is 5.32 Å². The van der Waals surface area contributed by atoms with Crippen LogP contribution < -0.4 is 5.32 Å². The van der Waals surface area contributed by atoms with Gasteiger partial charge in [0.1, 0.15) is 5.82 Å². The predicted molar refractivity (Wildman–Crippen MR) is 53.6 cm³/mol. The Bertz CT molecular complexity index is 279. The Morgan fingerprint density at radius 1 is 1.54 bits per heavy atom. The third kappa shape index (κ3) is 2.02. The highest BCUT2D eigenvalue weighted by atomic mass is 15.3. The topological polar surface area (TPSA) is 29.9 Å². The minimum absolute atomic E-state index is 0.643. The van der Waals surface area contributed by atoms with E-state index in [4.69, 9.17) is 0 Å². The zero-order valence-corrected chi connectivity index (χ0v) is 8.33. The van der Waals surface area contributed by atoms with Gasteiger partial charge in [-0.1, -0.05) is 6.92 Å². The van der Waals surface area contributed by atoms with Crippen molar-refractivity contribution in [2.45, 2.75) is 32.2 Å². The molecule has 0 bridgehead atoms. The molecule has 1 fully saturated rings. The number of anilines is 1. The maximum atomic E-state index is 4.30. The number of aryl methyl sites for hydroxylation is 1. The van der Waals surface area contributed by atoms with Crippen molar-refractivity contribution >= 4 is 5.82 Å². The van der Waals surface area contributed by atoms with E-state index in [1.807, 2.05) is 24.0 Å². The van der Waals surface area contributed by atoms with Crippen LogP contribution in [0.1, 0.15) is 26.2 Å². The number of nitrogens with zero attached hydrogens (tertiary/aromatic N) is 2. The molecule has 1 aromatic heterocycles. The molecule has 13 heavy (non-hydrogen) atoms. The van der Waals surface area contributed by atoms with E-state index in [0.29, 0.717) is 6.04 Å². The van der Waals surface area contributed by atoms with Crippen LogP contribution in [0, 0.1) is 5.92 Å². The van der Waals surface area contributed by atoms with Crippen LogP contribution in [0.3, 0.4) is 0 Å². The van der Waals surface area contributed by atoms with Crippen molar-refractivity contribution in [1.29, 1.82) is 0 Å². The smallest absolute Gasteiger partial charge is 0.148 e. The average Bonchev–Trinajstić information content (AvgIpc) is 2.62. The fraction of sp³-hybridized carbons (Fsp3) is 0.700. The second-order valence-corrected chi connectivity index (χ2v) is 4.13. The molecule has 1 heterocycles. The monoisotopic (exact) mass is 179 g/mol. The molecule has 2 atom stereocenters. The van der Waals surface area contributed by atoms with Gasteiger partial charge in [0.15, 0.2) is 0 Å². The molecule has 1 aliphatic rings. The molecule has 3 heteroatoms. The number of rotatable bonds is 2. The molecule has 1 aliphatic carbocycles. The molecule has 0 amide bonds. The first-order valence-electron chi connectivity index (χ1n) is 5.00. The highest BCUT2D eigenvalue weighted by Gasteiger charge is 2.21. The standard InChI is InChI=1S/C10H17N3/c1-8-3-4-9(7-8)11-10-5-6-13(2)12-10/h5-6,8-9H,3-4,7H2,1-2H3,(H,11,12)/t8-,9+/m0/s1. The highest BCUT2D eigenvalue weighted by molar-refractivity contribution is 5.33. The van der Waals surface area contributed by atoms with E-state index in [9.17, 15) is 0 Å². The van der Waals surface area contributed by atoms with Crippen molar-refractivity contribution in [1.82, 2.24) is 9.78 Å². The lowest BCUT2D eigenvalue weighted by Gasteiger charge is -2.10. The quantitative estimate of drug-likeness (QED) is 0.752. The van der Waals surface area contributed by atoms with Crippen molar-refractivity contribution < 1.29 is 0 Å². The lowest BCUT2D eigenvalue weighted by Crippen LogP contribution is -2.15. The Morgan fingerprint density at radius 3 is 2.92 bits per heavy atom. The first-order valence-corrected chi connectivity index (χ1v) is 5.00. The molecule has 0 saturated heterocycles. The van der Waals surface area contributed by atoms with Crippen molar-refractivity contribution in [2.24, 2.45) is 13.0 Å². The van der Waals surface area contributed by atoms with E-state index in [2.05, 4.69) is 17.3 Å². The zero-order chi connectivity index (χ0) is 9.26. The SMILES string of the molecule is C[C@H]1CC[C@@H](Nc2ccn(C)n2)C1. The maximum Gasteiger partial charge on any atom is 0.148 e. The number of nitrogens with one attached hydrogen (secondary N) is 1. The van der Waals surface area contributed by atoms with Gasteiger partial charge in [-0.3, -0.25) is 4.68 Å². The fourth-order valence-electron chi connectivity index (χ4n) is 2.04. The molecule has 1 aromatic rings. The second kappa shape index (κ2) is 3.40. The van der Waals surface area contributed by atoms with Gasteiger partial charge in [0.25, 0.3) is 0 Å². The van der Waals surface area contributed by atoms with Gasteiger partial charge in [0.05, 0.1) is 0 Å².